The van der Waals surface area contributed by atoms with Gasteiger partial charge in [0.25, 0.3) is 0 Å². The Morgan fingerprint density at radius 3 is 2.41 bits per heavy atom. The van der Waals surface area contributed by atoms with E-state index < -0.39 is 0 Å². The van der Waals surface area contributed by atoms with E-state index in [0.717, 1.165) is 22.5 Å². The van der Waals surface area contributed by atoms with Crippen molar-refractivity contribution in [2.45, 2.75) is 0 Å². The molecule has 0 N–H and O–H groups in total. The minimum absolute atomic E-state index is 0.895. The zero-order chi connectivity index (χ0) is 11.5. The van der Waals surface area contributed by atoms with E-state index in [1.54, 1.807) is 6.20 Å². The number of hydrogen-bond acceptors (Lipinski definition) is 1. The van der Waals surface area contributed by atoms with Crippen LogP contribution in [-0.2, 0) is 0 Å². The van der Waals surface area contributed by atoms with Crippen LogP contribution >= 0.6 is 0 Å². The van der Waals surface area contributed by atoms with Crippen molar-refractivity contribution in [3.8, 4) is 0 Å². The Morgan fingerprint density at radius 2 is 1.53 bits per heavy atom. The number of rotatable bonds is 1. The van der Waals surface area contributed by atoms with Crippen LogP contribution < -0.4 is 5.32 Å². The van der Waals surface area contributed by atoms with E-state index in [-0.39, 0.29) is 0 Å². The molecule has 0 spiro atoms. The van der Waals surface area contributed by atoms with E-state index in [9.17, 15) is 0 Å². The maximum Gasteiger partial charge on any atom is 0.0892 e. The molecule has 1 aliphatic rings. The number of fused-ring (bicyclic) bond motifs is 1. The van der Waals surface area contributed by atoms with Crippen molar-refractivity contribution < 1.29 is 0 Å². The summed E-state index contributed by atoms with van der Waals surface area (Å²) in [7, 11) is 0. The lowest BCUT2D eigenvalue weighted by molar-refractivity contribution is 1.19. The zero-order valence-corrected chi connectivity index (χ0v) is 9.25. The first-order chi connectivity index (χ1) is 8.43. The molecule has 1 heterocycles. The highest BCUT2D eigenvalue weighted by atomic mass is 14.9. The van der Waals surface area contributed by atoms with Crippen LogP contribution in [0.1, 0.15) is 11.1 Å². The van der Waals surface area contributed by atoms with Crippen LogP contribution in [0.15, 0.2) is 65.8 Å². The molecule has 81 valence electrons. The topological polar surface area (TPSA) is 26.5 Å². The highest BCUT2D eigenvalue weighted by Crippen LogP contribution is 2.23. The number of benzene rings is 2. The lowest BCUT2D eigenvalue weighted by Gasteiger charge is -2.07. The molecule has 0 aliphatic carbocycles. The van der Waals surface area contributed by atoms with Gasteiger partial charge in [-0.1, -0.05) is 48.5 Å². The Balaban J connectivity index is 2.02. The van der Waals surface area contributed by atoms with E-state index in [4.69, 9.17) is 0 Å². The first-order valence-corrected chi connectivity index (χ1v) is 5.53. The van der Waals surface area contributed by atoms with Crippen molar-refractivity contribution >= 4 is 17.6 Å². The zero-order valence-electron chi connectivity index (χ0n) is 9.25. The summed E-state index contributed by atoms with van der Waals surface area (Å²) in [6.45, 7) is 0. The summed E-state index contributed by atoms with van der Waals surface area (Å²) < 4.78 is 0. The van der Waals surface area contributed by atoms with E-state index >= 15 is 0 Å². The summed E-state index contributed by atoms with van der Waals surface area (Å²) in [5.74, 6) is 0. The van der Waals surface area contributed by atoms with Crippen LogP contribution in [0, 0.1) is 0 Å². The molecular weight excluding hydrogens is 208 g/mol. The SMILES string of the molecule is C1=NC=C(c2ccccc2)[N]c2ccccc21. The van der Waals surface area contributed by atoms with Crippen LogP contribution in [0.25, 0.3) is 5.70 Å². The van der Waals surface area contributed by atoms with Gasteiger partial charge in [-0.25, -0.2) is 5.32 Å². The second-order valence-corrected chi connectivity index (χ2v) is 3.83. The van der Waals surface area contributed by atoms with Gasteiger partial charge in [0.2, 0.25) is 0 Å². The van der Waals surface area contributed by atoms with Crippen molar-refractivity contribution in [3.63, 3.8) is 0 Å². The molecule has 1 radical (unpaired) electrons. The van der Waals surface area contributed by atoms with Crippen LogP contribution in [0.5, 0.6) is 0 Å². The van der Waals surface area contributed by atoms with E-state index in [0.29, 0.717) is 0 Å². The summed E-state index contributed by atoms with van der Waals surface area (Å²) in [5, 5.41) is 4.65. The third kappa shape index (κ3) is 1.97. The van der Waals surface area contributed by atoms with E-state index in [1.165, 1.54) is 0 Å². The Kier molecular flexibility index (Phi) is 2.47. The van der Waals surface area contributed by atoms with Gasteiger partial charge in [0, 0.05) is 17.3 Å². The summed E-state index contributed by atoms with van der Waals surface area (Å²) in [5.41, 5.74) is 3.99. The lowest BCUT2D eigenvalue weighted by Crippen LogP contribution is -1.98. The molecule has 0 fully saturated rings. The summed E-state index contributed by atoms with van der Waals surface area (Å²) in [6.07, 6.45) is 3.64. The average Bonchev–Trinajstić information content (AvgIpc) is 2.62. The maximum absolute atomic E-state index is 4.65. The Bertz CT molecular complexity index is 583. The highest BCUT2D eigenvalue weighted by molar-refractivity contribution is 5.90. The third-order valence-electron chi connectivity index (χ3n) is 2.66. The molecule has 3 rings (SSSR count). The van der Waals surface area contributed by atoms with Gasteiger partial charge in [0.1, 0.15) is 0 Å². The van der Waals surface area contributed by atoms with Crippen molar-refractivity contribution in [1.82, 2.24) is 5.32 Å². The smallest absolute Gasteiger partial charge is 0.0892 e. The van der Waals surface area contributed by atoms with Crippen LogP contribution in [-0.4, -0.2) is 6.21 Å². The number of nitrogens with zero attached hydrogens (tertiary/aromatic N) is 2. The molecule has 0 saturated heterocycles. The Hall–Kier alpha value is -2.35. The highest BCUT2D eigenvalue weighted by Gasteiger charge is 2.08. The van der Waals surface area contributed by atoms with Gasteiger partial charge in [-0.3, -0.25) is 4.99 Å². The predicted octanol–water partition coefficient (Wildman–Crippen LogP) is 3.35. The summed E-state index contributed by atoms with van der Waals surface area (Å²) >= 11 is 0. The average molecular weight is 219 g/mol. The van der Waals surface area contributed by atoms with Crippen molar-refractivity contribution in [2.75, 3.05) is 0 Å². The number of hydrogen-bond donors (Lipinski definition) is 0. The number of para-hydroxylation sites is 1. The van der Waals surface area contributed by atoms with Crippen molar-refractivity contribution in [2.24, 2.45) is 4.99 Å². The predicted molar refractivity (Wildman–Crippen MR) is 70.2 cm³/mol. The second kappa shape index (κ2) is 4.26. The molecule has 2 nitrogen and oxygen atoms in total. The third-order valence-corrected chi connectivity index (χ3v) is 2.66. The van der Waals surface area contributed by atoms with Crippen molar-refractivity contribution in [1.29, 1.82) is 0 Å². The molecule has 2 aromatic rings. The minimum atomic E-state index is 0.895. The second-order valence-electron chi connectivity index (χ2n) is 3.83. The molecule has 0 amide bonds. The maximum atomic E-state index is 4.65. The van der Waals surface area contributed by atoms with Gasteiger partial charge < -0.3 is 0 Å². The molecule has 0 saturated carbocycles. The van der Waals surface area contributed by atoms with Gasteiger partial charge in [-0.2, -0.15) is 0 Å². The minimum Gasteiger partial charge on any atom is -0.262 e. The molecule has 0 bridgehead atoms. The van der Waals surface area contributed by atoms with E-state index in [2.05, 4.69) is 10.3 Å². The lowest BCUT2D eigenvalue weighted by atomic mass is 10.1. The largest absolute Gasteiger partial charge is 0.262 e. The quantitative estimate of drug-likeness (QED) is 0.703. The molecule has 0 atom stereocenters. The Labute approximate surface area is 100 Å². The normalized spacial score (nSPS) is 13.3. The van der Waals surface area contributed by atoms with Crippen LogP contribution in [0.3, 0.4) is 0 Å². The summed E-state index contributed by atoms with van der Waals surface area (Å²) in [6, 6.07) is 18.1. The van der Waals surface area contributed by atoms with Crippen LogP contribution in [0.2, 0.25) is 0 Å². The number of aliphatic imine (C=N–C) groups is 1. The standard InChI is InChI=1S/C15H11N2/c1-2-6-12(7-3-1)15-11-16-10-13-8-4-5-9-14(13)17-15/h1-11H. The molecule has 0 unspecified atom stereocenters. The fraction of sp³-hybridized carbons (Fsp3) is 0. The van der Waals surface area contributed by atoms with Gasteiger partial charge in [0.15, 0.2) is 0 Å². The first kappa shape index (κ1) is 9.85. The van der Waals surface area contributed by atoms with Gasteiger partial charge >= 0.3 is 0 Å². The summed E-state index contributed by atoms with van der Waals surface area (Å²) in [4.78, 5) is 4.29. The molecular formula is C15H11N2. The van der Waals surface area contributed by atoms with Gasteiger partial charge in [0.05, 0.1) is 17.6 Å². The van der Waals surface area contributed by atoms with E-state index in [1.807, 2.05) is 60.8 Å². The molecule has 17 heavy (non-hydrogen) atoms. The Morgan fingerprint density at radius 1 is 0.765 bits per heavy atom. The molecule has 2 aromatic carbocycles. The molecule has 1 aliphatic heterocycles. The van der Waals surface area contributed by atoms with Gasteiger partial charge in [-0.05, 0) is 6.07 Å². The fourth-order valence-electron chi connectivity index (χ4n) is 1.79. The van der Waals surface area contributed by atoms with Gasteiger partial charge in [-0.15, -0.1) is 0 Å². The monoisotopic (exact) mass is 219 g/mol. The first-order valence-electron chi connectivity index (χ1n) is 5.53. The van der Waals surface area contributed by atoms with Crippen molar-refractivity contribution in [3.05, 3.63) is 71.9 Å². The molecule has 2 heteroatoms. The van der Waals surface area contributed by atoms with Crippen LogP contribution in [0.4, 0.5) is 5.69 Å². The molecule has 0 aromatic heterocycles. The fourth-order valence-corrected chi connectivity index (χ4v) is 1.79.